The van der Waals surface area contributed by atoms with Gasteiger partial charge in [-0.05, 0) is 37.1 Å². The Labute approximate surface area is 153 Å². The van der Waals surface area contributed by atoms with Gasteiger partial charge in [0.1, 0.15) is 11.6 Å². The van der Waals surface area contributed by atoms with Gasteiger partial charge in [-0.25, -0.2) is 13.8 Å². The van der Waals surface area contributed by atoms with E-state index in [2.05, 4.69) is 10.3 Å². The first-order chi connectivity index (χ1) is 13.0. The second kappa shape index (κ2) is 6.79. The molecule has 4 rings (SSSR count). The van der Waals surface area contributed by atoms with Gasteiger partial charge in [0, 0.05) is 25.4 Å². The van der Waals surface area contributed by atoms with Gasteiger partial charge in [0.2, 0.25) is 5.82 Å². The molecule has 3 heterocycles. The monoisotopic (exact) mass is 370 g/mol. The third-order valence-corrected chi connectivity index (χ3v) is 4.53. The number of aromatic nitrogens is 2. The van der Waals surface area contributed by atoms with E-state index >= 15 is 0 Å². The molecule has 8 heteroatoms. The van der Waals surface area contributed by atoms with Crippen LogP contribution in [-0.2, 0) is 0 Å². The van der Waals surface area contributed by atoms with Crippen molar-refractivity contribution in [2.45, 2.75) is 12.8 Å². The maximum atomic E-state index is 13.8. The summed E-state index contributed by atoms with van der Waals surface area (Å²) in [6.45, 7) is 1.32. The summed E-state index contributed by atoms with van der Waals surface area (Å²) in [5.74, 6) is -2.60. The van der Waals surface area contributed by atoms with Gasteiger partial charge < -0.3 is 10.2 Å². The van der Waals surface area contributed by atoms with Crippen LogP contribution < -0.4 is 5.32 Å². The van der Waals surface area contributed by atoms with Gasteiger partial charge in [0.05, 0.1) is 11.2 Å². The molecule has 6 nitrogen and oxygen atoms in total. The van der Waals surface area contributed by atoms with Crippen LogP contribution in [0.4, 0.5) is 14.5 Å². The lowest BCUT2D eigenvalue weighted by molar-refractivity contribution is 0.0789. The highest BCUT2D eigenvalue weighted by molar-refractivity contribution is 6.06. The number of pyridine rings is 1. The van der Waals surface area contributed by atoms with Gasteiger partial charge >= 0.3 is 0 Å². The van der Waals surface area contributed by atoms with Crippen molar-refractivity contribution < 1.29 is 18.4 Å². The Morgan fingerprint density at radius 2 is 1.85 bits per heavy atom. The fraction of sp³-hybridized carbons (Fsp3) is 0.211. The van der Waals surface area contributed by atoms with Crippen LogP contribution in [0.5, 0.6) is 0 Å². The van der Waals surface area contributed by atoms with E-state index in [0.717, 1.165) is 25.0 Å². The van der Waals surface area contributed by atoms with Gasteiger partial charge in [0.25, 0.3) is 11.8 Å². The van der Waals surface area contributed by atoms with E-state index in [1.165, 1.54) is 4.40 Å². The molecule has 0 bridgehead atoms. The Bertz CT molecular complexity index is 1040. The number of nitrogens with zero attached hydrogens (tertiary/aromatic N) is 3. The molecule has 1 aromatic carbocycles. The lowest BCUT2D eigenvalue weighted by atomic mass is 10.3. The maximum Gasteiger partial charge on any atom is 0.292 e. The van der Waals surface area contributed by atoms with Crippen LogP contribution in [0.1, 0.15) is 33.9 Å². The first-order valence-electron chi connectivity index (χ1n) is 8.57. The lowest BCUT2D eigenvalue weighted by Crippen LogP contribution is -2.28. The van der Waals surface area contributed by atoms with Gasteiger partial charge in [-0.1, -0.05) is 6.07 Å². The highest BCUT2D eigenvalue weighted by Crippen LogP contribution is 2.20. The zero-order valence-electron chi connectivity index (χ0n) is 14.3. The molecule has 0 atom stereocenters. The summed E-state index contributed by atoms with van der Waals surface area (Å²) in [5, 5.41) is 2.38. The Morgan fingerprint density at radius 3 is 2.59 bits per heavy atom. The summed E-state index contributed by atoms with van der Waals surface area (Å²) in [6.07, 6.45) is 3.49. The molecule has 3 aromatic rings. The lowest BCUT2D eigenvalue weighted by Gasteiger charge is -2.13. The Morgan fingerprint density at radius 1 is 1.07 bits per heavy atom. The number of carbonyl (C=O) groups is 2. The van der Waals surface area contributed by atoms with Gasteiger partial charge in [0.15, 0.2) is 5.69 Å². The summed E-state index contributed by atoms with van der Waals surface area (Å²) < 4.78 is 28.4. The maximum absolute atomic E-state index is 13.8. The van der Waals surface area contributed by atoms with Crippen LogP contribution in [0.15, 0.2) is 42.6 Å². The minimum absolute atomic E-state index is 0.0446. The number of nitrogens with one attached hydrogen (secondary N) is 1. The summed E-state index contributed by atoms with van der Waals surface area (Å²) in [7, 11) is 0. The van der Waals surface area contributed by atoms with E-state index in [0.29, 0.717) is 24.7 Å². The number of amides is 2. The minimum atomic E-state index is -0.891. The van der Waals surface area contributed by atoms with Crippen molar-refractivity contribution in [2.75, 3.05) is 18.4 Å². The minimum Gasteiger partial charge on any atom is -0.337 e. The molecule has 0 saturated carbocycles. The van der Waals surface area contributed by atoms with Crippen LogP contribution in [-0.4, -0.2) is 39.2 Å². The molecular weight excluding hydrogens is 354 g/mol. The average Bonchev–Trinajstić information content (AvgIpc) is 3.31. The van der Waals surface area contributed by atoms with Crippen molar-refractivity contribution in [2.24, 2.45) is 0 Å². The molecule has 2 amide bonds. The van der Waals surface area contributed by atoms with Crippen molar-refractivity contribution in [3.8, 4) is 0 Å². The van der Waals surface area contributed by atoms with E-state index in [9.17, 15) is 18.4 Å². The van der Waals surface area contributed by atoms with E-state index in [-0.39, 0.29) is 23.1 Å². The highest BCUT2D eigenvalue weighted by Gasteiger charge is 2.27. The van der Waals surface area contributed by atoms with Crippen molar-refractivity contribution in [1.82, 2.24) is 14.3 Å². The molecule has 1 aliphatic heterocycles. The molecule has 0 spiro atoms. The molecule has 0 aliphatic carbocycles. The molecule has 27 heavy (non-hydrogen) atoms. The number of fused-ring (bicyclic) bond motifs is 1. The molecular formula is C19H16F2N4O2. The van der Waals surface area contributed by atoms with E-state index in [1.54, 1.807) is 29.3 Å². The summed E-state index contributed by atoms with van der Waals surface area (Å²) in [5.41, 5.74) is 0.517. The molecule has 0 unspecified atom stereocenters. The van der Waals surface area contributed by atoms with Gasteiger partial charge in [-0.15, -0.1) is 0 Å². The van der Waals surface area contributed by atoms with Gasteiger partial charge in [-0.2, -0.15) is 0 Å². The highest BCUT2D eigenvalue weighted by atomic mass is 19.1. The number of rotatable bonds is 3. The van der Waals surface area contributed by atoms with Gasteiger partial charge in [-0.3, -0.25) is 14.0 Å². The molecule has 0 radical (unpaired) electrons. The molecule has 2 aromatic heterocycles. The number of benzene rings is 1. The van der Waals surface area contributed by atoms with Crippen molar-refractivity contribution in [1.29, 1.82) is 0 Å². The summed E-state index contributed by atoms with van der Waals surface area (Å²) in [4.78, 5) is 31.4. The number of hydrogen-bond donors (Lipinski definition) is 1. The predicted molar refractivity (Wildman–Crippen MR) is 94.6 cm³/mol. The third-order valence-electron chi connectivity index (χ3n) is 4.53. The number of carbonyl (C=O) groups excluding carboxylic acids is 2. The van der Waals surface area contributed by atoms with E-state index in [4.69, 9.17) is 0 Å². The quantitative estimate of drug-likeness (QED) is 0.770. The summed E-state index contributed by atoms with van der Waals surface area (Å²) >= 11 is 0. The molecule has 1 fully saturated rings. The second-order valence-corrected chi connectivity index (χ2v) is 6.32. The Kier molecular flexibility index (Phi) is 4.31. The Balaban J connectivity index is 1.71. The van der Waals surface area contributed by atoms with Crippen molar-refractivity contribution in [3.05, 3.63) is 65.7 Å². The van der Waals surface area contributed by atoms with Crippen LogP contribution in [0, 0.1) is 11.6 Å². The molecule has 138 valence electrons. The smallest absolute Gasteiger partial charge is 0.292 e. The standard InChI is InChI=1S/C19H16F2N4O2/c20-12-6-7-14(13(21)11-12)22-18(26)17-23-16(15-5-1-2-10-25(15)17)19(27)24-8-3-4-9-24/h1-2,5-7,10-11H,3-4,8-9H2,(H,22,26). The van der Waals surface area contributed by atoms with Crippen molar-refractivity contribution in [3.63, 3.8) is 0 Å². The third kappa shape index (κ3) is 3.14. The number of imidazole rings is 1. The topological polar surface area (TPSA) is 66.7 Å². The molecule has 1 N–H and O–H groups in total. The van der Waals surface area contributed by atoms with Crippen LogP contribution in [0.3, 0.4) is 0 Å². The average molecular weight is 370 g/mol. The van der Waals surface area contributed by atoms with Crippen molar-refractivity contribution >= 4 is 23.0 Å². The number of likely N-dealkylation sites (tertiary alicyclic amines) is 1. The number of anilines is 1. The zero-order chi connectivity index (χ0) is 19.0. The first-order valence-corrected chi connectivity index (χ1v) is 8.57. The predicted octanol–water partition coefficient (Wildman–Crippen LogP) is 3.10. The number of hydrogen-bond acceptors (Lipinski definition) is 3. The van der Waals surface area contributed by atoms with E-state index in [1.807, 2.05) is 0 Å². The van der Waals surface area contributed by atoms with Crippen LogP contribution in [0.25, 0.3) is 5.52 Å². The van der Waals surface area contributed by atoms with Crippen LogP contribution >= 0.6 is 0 Å². The Hall–Kier alpha value is -3.29. The largest absolute Gasteiger partial charge is 0.337 e. The molecule has 1 aliphatic rings. The number of halogens is 2. The fourth-order valence-electron chi connectivity index (χ4n) is 3.19. The second-order valence-electron chi connectivity index (χ2n) is 6.32. The fourth-order valence-corrected chi connectivity index (χ4v) is 3.19. The zero-order valence-corrected chi connectivity index (χ0v) is 14.3. The summed E-state index contributed by atoms with van der Waals surface area (Å²) in [6, 6.07) is 8.01. The van der Waals surface area contributed by atoms with Crippen LogP contribution in [0.2, 0.25) is 0 Å². The SMILES string of the molecule is O=C(Nc1ccc(F)cc1F)c1nc(C(=O)N2CCCC2)c2ccccn12. The molecule has 1 saturated heterocycles. The normalized spacial score (nSPS) is 13.9. The van der Waals surface area contributed by atoms with E-state index < -0.39 is 17.5 Å². The first kappa shape index (κ1) is 17.1.